The number of esters is 2. The Hall–Kier alpha value is -2.95. The van der Waals surface area contributed by atoms with Crippen LogP contribution < -0.4 is 0 Å². The first kappa shape index (κ1) is 29.0. The van der Waals surface area contributed by atoms with Crippen LogP contribution in [0.3, 0.4) is 0 Å². The lowest BCUT2D eigenvalue weighted by Crippen LogP contribution is -2.69. The number of thioether (sulfide) groups is 2. The van der Waals surface area contributed by atoms with Gasteiger partial charge in [-0.25, -0.2) is 9.59 Å². The van der Waals surface area contributed by atoms with Crippen LogP contribution in [0.5, 0.6) is 0 Å². The summed E-state index contributed by atoms with van der Waals surface area (Å²) in [6, 6.07) is 18.4. The van der Waals surface area contributed by atoms with Crippen LogP contribution in [-0.4, -0.2) is 55.6 Å². The number of alkyl halides is 1. The smallest absolute Gasteiger partial charge is 0.370 e. The highest BCUT2D eigenvalue weighted by Gasteiger charge is 2.66. The molecule has 0 aliphatic carbocycles. The van der Waals surface area contributed by atoms with Crippen LogP contribution >= 0.6 is 35.1 Å². The Balaban J connectivity index is 1.65. The van der Waals surface area contributed by atoms with Gasteiger partial charge in [-0.3, -0.25) is 14.5 Å². The lowest BCUT2D eigenvalue weighted by atomic mass is 10.0. The van der Waals surface area contributed by atoms with Gasteiger partial charge in [0.25, 0.3) is 5.91 Å². The van der Waals surface area contributed by atoms with Crippen LogP contribution in [0.2, 0.25) is 0 Å². The second kappa shape index (κ2) is 11.7. The Labute approximate surface area is 240 Å². The summed E-state index contributed by atoms with van der Waals surface area (Å²) in [6.45, 7) is 6.20. The molecule has 11 heteroatoms. The van der Waals surface area contributed by atoms with Crippen LogP contribution in [0.4, 0.5) is 4.79 Å². The van der Waals surface area contributed by atoms with Crippen molar-refractivity contribution in [2.45, 2.75) is 49.0 Å². The normalized spacial score (nSPS) is 20.7. The Morgan fingerprint density at radius 2 is 1.64 bits per heavy atom. The summed E-state index contributed by atoms with van der Waals surface area (Å²) >= 11 is 8.53. The third-order valence-corrected chi connectivity index (χ3v) is 8.97. The zero-order valence-electron chi connectivity index (χ0n) is 21.8. The zero-order chi connectivity index (χ0) is 28.4. The van der Waals surface area contributed by atoms with Gasteiger partial charge in [0.15, 0.2) is 6.10 Å². The van der Waals surface area contributed by atoms with Gasteiger partial charge in [0, 0.05) is 18.2 Å². The number of nitrogens with zero attached hydrogens (tertiary/aromatic N) is 1. The highest BCUT2D eigenvalue weighted by molar-refractivity contribution is 8.17. The maximum atomic E-state index is 13.8. The number of rotatable bonds is 7. The summed E-state index contributed by atoms with van der Waals surface area (Å²) in [5.41, 5.74) is 1.08. The van der Waals surface area contributed by atoms with Crippen molar-refractivity contribution in [2.75, 3.05) is 12.4 Å². The van der Waals surface area contributed by atoms with Crippen LogP contribution in [0.15, 0.2) is 71.9 Å². The highest BCUT2D eigenvalue weighted by atomic mass is 35.5. The van der Waals surface area contributed by atoms with Crippen molar-refractivity contribution in [2.24, 2.45) is 0 Å². The fraction of sp³-hybridized carbons (Fsp3) is 0.357. The van der Waals surface area contributed by atoms with E-state index in [2.05, 4.69) is 0 Å². The van der Waals surface area contributed by atoms with Gasteiger partial charge in [-0.15, -0.1) is 11.8 Å². The van der Waals surface area contributed by atoms with Crippen molar-refractivity contribution in [3.63, 3.8) is 0 Å². The van der Waals surface area contributed by atoms with Gasteiger partial charge in [-0.2, -0.15) is 0 Å². The number of halogens is 1. The Morgan fingerprint density at radius 3 is 2.15 bits per heavy atom. The summed E-state index contributed by atoms with van der Waals surface area (Å²) in [5, 5.41) is -1.45. The molecule has 0 bridgehead atoms. The summed E-state index contributed by atoms with van der Waals surface area (Å²) in [6.07, 6.45) is -0.760. The van der Waals surface area contributed by atoms with Gasteiger partial charge < -0.3 is 14.2 Å². The third kappa shape index (κ3) is 6.45. The number of β-lactam (4-membered cyclic amide) rings is 1. The van der Waals surface area contributed by atoms with E-state index in [1.807, 2.05) is 60.7 Å². The zero-order valence-corrected chi connectivity index (χ0v) is 24.2. The molecule has 1 amide bonds. The largest absolute Gasteiger partial charge is 0.461 e. The second-order valence-corrected chi connectivity index (χ2v) is 13.0. The quantitative estimate of drug-likeness (QED) is 0.175. The van der Waals surface area contributed by atoms with Gasteiger partial charge >= 0.3 is 17.2 Å². The molecule has 2 aromatic rings. The van der Waals surface area contributed by atoms with Gasteiger partial charge in [0.05, 0.1) is 0 Å². The molecule has 0 N–H and O–H groups in total. The number of hydrogen-bond donors (Lipinski definition) is 0. The molecule has 206 valence electrons. The molecule has 2 aliphatic heterocycles. The Kier molecular flexibility index (Phi) is 8.68. The topological polar surface area (TPSA) is 99.2 Å². The number of carbonyl (C=O) groups is 4. The molecule has 39 heavy (non-hydrogen) atoms. The summed E-state index contributed by atoms with van der Waals surface area (Å²) in [4.78, 5) is 52.5. The summed E-state index contributed by atoms with van der Waals surface area (Å²) in [5.74, 6) is -1.72. The minimum absolute atomic E-state index is 0.0390. The monoisotopic (exact) mass is 589 g/mol. The molecule has 0 spiro atoms. The lowest BCUT2D eigenvalue weighted by Gasteiger charge is -2.53. The molecule has 1 fully saturated rings. The van der Waals surface area contributed by atoms with Crippen molar-refractivity contribution in [1.29, 1.82) is 0 Å². The first-order chi connectivity index (χ1) is 18.4. The minimum Gasteiger partial charge on any atom is -0.461 e. The summed E-state index contributed by atoms with van der Waals surface area (Å²) < 4.78 is 14.9. The van der Waals surface area contributed by atoms with E-state index in [0.29, 0.717) is 17.3 Å². The van der Waals surface area contributed by atoms with E-state index >= 15 is 0 Å². The standard InChI is InChI=1S/C28H28ClNO7S2/c1-17(31)35-15-20-16-38-25-28(29,39-26(34)37-27(2,3)4)24(33)30(25)21(20)23(32)36-22(18-11-7-5-8-12-18)19-13-9-6-10-14-19/h5-14,22,25H,15-16H2,1-4H3/t25-,28-/m1/s1. The number of carbonyl (C=O) groups excluding carboxylic acids is 4. The summed E-state index contributed by atoms with van der Waals surface area (Å²) in [7, 11) is 0. The maximum Gasteiger partial charge on any atom is 0.370 e. The van der Waals surface area contributed by atoms with E-state index in [-0.39, 0.29) is 18.1 Å². The van der Waals surface area contributed by atoms with E-state index < -0.39 is 44.4 Å². The molecule has 8 nitrogen and oxygen atoms in total. The van der Waals surface area contributed by atoms with E-state index in [1.54, 1.807) is 20.8 Å². The molecule has 2 heterocycles. The van der Waals surface area contributed by atoms with Gasteiger partial charge in [-0.05, 0) is 43.7 Å². The van der Waals surface area contributed by atoms with Crippen molar-refractivity contribution in [3.8, 4) is 0 Å². The molecule has 0 aromatic heterocycles. The first-order valence-electron chi connectivity index (χ1n) is 12.1. The minimum atomic E-state index is -1.66. The molecule has 2 aliphatic rings. The number of ether oxygens (including phenoxy) is 3. The molecular formula is C28H28ClNO7S2. The predicted molar refractivity (Wildman–Crippen MR) is 150 cm³/mol. The second-order valence-electron chi connectivity index (χ2n) is 9.89. The third-order valence-electron chi connectivity index (χ3n) is 5.75. The van der Waals surface area contributed by atoms with Crippen molar-refractivity contribution in [1.82, 2.24) is 4.90 Å². The van der Waals surface area contributed by atoms with E-state index in [9.17, 15) is 19.2 Å². The van der Waals surface area contributed by atoms with Gasteiger partial charge in [0.2, 0.25) is 4.21 Å². The van der Waals surface area contributed by atoms with E-state index in [1.165, 1.54) is 23.6 Å². The van der Waals surface area contributed by atoms with Crippen molar-refractivity contribution in [3.05, 3.63) is 83.1 Å². The average molecular weight is 590 g/mol. The van der Waals surface area contributed by atoms with E-state index in [4.69, 9.17) is 25.8 Å². The number of hydrogen-bond acceptors (Lipinski definition) is 9. The molecule has 0 unspecified atom stereocenters. The fourth-order valence-electron chi connectivity index (χ4n) is 4.07. The molecule has 2 aromatic carbocycles. The maximum absolute atomic E-state index is 13.8. The Morgan fingerprint density at radius 1 is 1.08 bits per heavy atom. The van der Waals surface area contributed by atoms with Crippen LogP contribution in [0.25, 0.3) is 0 Å². The number of amides is 1. The van der Waals surface area contributed by atoms with E-state index in [0.717, 1.165) is 11.1 Å². The van der Waals surface area contributed by atoms with Crippen LogP contribution in [0, 0.1) is 0 Å². The molecule has 0 saturated carbocycles. The van der Waals surface area contributed by atoms with Crippen molar-refractivity contribution >= 4 is 58.3 Å². The van der Waals surface area contributed by atoms with Gasteiger partial charge in [0.1, 0.15) is 23.3 Å². The molecular weight excluding hydrogens is 562 g/mol. The average Bonchev–Trinajstić information content (AvgIpc) is 2.89. The highest BCUT2D eigenvalue weighted by Crippen LogP contribution is 2.56. The molecule has 1 saturated heterocycles. The first-order valence-corrected chi connectivity index (χ1v) is 14.4. The van der Waals surface area contributed by atoms with Crippen LogP contribution in [-0.2, 0) is 28.6 Å². The number of benzene rings is 2. The van der Waals surface area contributed by atoms with Crippen LogP contribution in [0.1, 0.15) is 44.9 Å². The SMILES string of the molecule is CC(=O)OCC1=C(C(=O)OC(c2ccccc2)c2ccccc2)N2C(=O)[C@@](Cl)(SC(=O)OC(C)(C)C)[C@H]2SC1. The number of fused-ring (bicyclic) bond motifs is 1. The van der Waals surface area contributed by atoms with Crippen molar-refractivity contribution < 1.29 is 33.4 Å². The lowest BCUT2D eigenvalue weighted by molar-refractivity contribution is -0.152. The predicted octanol–water partition coefficient (Wildman–Crippen LogP) is 5.65. The Bertz CT molecular complexity index is 1260. The van der Waals surface area contributed by atoms with Gasteiger partial charge in [-0.1, -0.05) is 72.3 Å². The fourth-order valence-corrected chi connectivity index (χ4v) is 7.16. The molecule has 4 rings (SSSR count). The molecule has 2 atom stereocenters. The molecule has 0 radical (unpaired) electrons.